The number of hydrogen-bond acceptors (Lipinski definition) is 4. The predicted molar refractivity (Wildman–Crippen MR) is 92.0 cm³/mol. The second-order valence-electron chi connectivity index (χ2n) is 6.04. The van der Waals surface area contributed by atoms with Crippen molar-refractivity contribution < 1.29 is 18.0 Å². The standard InChI is InChI=1S/C17H19F2N3O2.ClH/c1-11-2-4-12(5-3-11)16-22-13(9-24-16)6-7-20-15(23)14-8-17(18,19)10-21-14;/h2-5,9,14,21H,6-8,10H2,1H3,(H,20,23);1H. The number of oxazole rings is 1. The number of amides is 1. The Morgan fingerprint density at radius 2 is 2.12 bits per heavy atom. The lowest BCUT2D eigenvalue weighted by atomic mass is 10.1. The van der Waals surface area contributed by atoms with E-state index in [4.69, 9.17) is 4.42 Å². The zero-order valence-electron chi connectivity index (χ0n) is 13.7. The molecule has 0 saturated carbocycles. The first-order chi connectivity index (χ1) is 11.4. The molecule has 1 aromatic heterocycles. The zero-order chi connectivity index (χ0) is 17.2. The maximum absolute atomic E-state index is 13.1. The largest absolute Gasteiger partial charge is 0.444 e. The second kappa shape index (κ2) is 7.93. The number of nitrogens with one attached hydrogen (secondary N) is 2. The molecule has 1 amide bonds. The molecule has 136 valence electrons. The molecule has 2 heterocycles. The van der Waals surface area contributed by atoms with Gasteiger partial charge in [0.25, 0.3) is 5.92 Å². The van der Waals surface area contributed by atoms with Crippen LogP contribution >= 0.6 is 12.4 Å². The number of carbonyl (C=O) groups excluding carboxylic acids is 1. The van der Waals surface area contributed by atoms with Crippen LogP contribution in [0.15, 0.2) is 34.9 Å². The fourth-order valence-corrected chi connectivity index (χ4v) is 2.59. The van der Waals surface area contributed by atoms with Crippen LogP contribution < -0.4 is 10.6 Å². The van der Waals surface area contributed by atoms with Crippen LogP contribution in [-0.4, -0.2) is 35.9 Å². The molecule has 0 spiro atoms. The van der Waals surface area contributed by atoms with Gasteiger partial charge in [-0.05, 0) is 19.1 Å². The van der Waals surface area contributed by atoms with Gasteiger partial charge in [0.2, 0.25) is 11.8 Å². The van der Waals surface area contributed by atoms with Gasteiger partial charge in [-0.3, -0.25) is 10.1 Å². The number of aromatic nitrogens is 1. The van der Waals surface area contributed by atoms with Gasteiger partial charge in [0.15, 0.2) is 0 Å². The Bertz CT molecular complexity index is 719. The SMILES string of the molecule is Cc1ccc(-c2nc(CCNC(=O)C3CC(F)(F)CN3)co2)cc1.Cl. The van der Waals surface area contributed by atoms with Gasteiger partial charge in [0.1, 0.15) is 6.26 Å². The van der Waals surface area contributed by atoms with Crippen molar-refractivity contribution in [1.82, 2.24) is 15.6 Å². The topological polar surface area (TPSA) is 67.2 Å². The Morgan fingerprint density at radius 1 is 1.40 bits per heavy atom. The molecule has 1 fully saturated rings. The first-order valence-corrected chi connectivity index (χ1v) is 7.83. The number of aryl methyl sites for hydroxylation is 1. The molecule has 1 aliphatic heterocycles. The van der Waals surface area contributed by atoms with Gasteiger partial charge in [-0.2, -0.15) is 0 Å². The van der Waals surface area contributed by atoms with E-state index in [2.05, 4.69) is 15.6 Å². The van der Waals surface area contributed by atoms with Crippen LogP contribution in [0.4, 0.5) is 8.78 Å². The molecule has 3 rings (SSSR count). The fourth-order valence-electron chi connectivity index (χ4n) is 2.59. The minimum atomic E-state index is -2.81. The predicted octanol–water partition coefficient (Wildman–Crippen LogP) is 2.73. The Balaban J connectivity index is 0.00000225. The summed E-state index contributed by atoms with van der Waals surface area (Å²) in [4.78, 5) is 16.2. The van der Waals surface area contributed by atoms with E-state index in [0.717, 1.165) is 11.1 Å². The quantitative estimate of drug-likeness (QED) is 0.848. The smallest absolute Gasteiger partial charge is 0.262 e. The van der Waals surface area contributed by atoms with Crippen LogP contribution in [0, 0.1) is 6.92 Å². The summed E-state index contributed by atoms with van der Waals surface area (Å²) in [6.45, 7) is 1.87. The fraction of sp³-hybridized carbons (Fsp3) is 0.412. The summed E-state index contributed by atoms with van der Waals surface area (Å²) in [5.41, 5.74) is 2.74. The summed E-state index contributed by atoms with van der Waals surface area (Å²) in [5, 5.41) is 5.18. The Labute approximate surface area is 150 Å². The van der Waals surface area contributed by atoms with Crippen molar-refractivity contribution in [2.24, 2.45) is 0 Å². The zero-order valence-corrected chi connectivity index (χ0v) is 14.5. The van der Waals surface area contributed by atoms with Gasteiger partial charge in [0, 0.05) is 24.9 Å². The minimum absolute atomic E-state index is 0. The molecule has 1 saturated heterocycles. The van der Waals surface area contributed by atoms with Crippen LogP contribution in [0.2, 0.25) is 0 Å². The normalized spacial score (nSPS) is 18.6. The molecular weight excluding hydrogens is 352 g/mol. The Kier molecular flexibility index (Phi) is 6.13. The number of halogens is 3. The molecule has 1 aromatic carbocycles. The third kappa shape index (κ3) is 4.99. The molecule has 5 nitrogen and oxygen atoms in total. The molecule has 2 aromatic rings. The average Bonchev–Trinajstić information content (AvgIpc) is 3.14. The van der Waals surface area contributed by atoms with Crippen LogP contribution in [0.25, 0.3) is 11.5 Å². The highest BCUT2D eigenvalue weighted by atomic mass is 35.5. The van der Waals surface area contributed by atoms with Crippen LogP contribution in [0.5, 0.6) is 0 Å². The summed E-state index contributed by atoms with van der Waals surface area (Å²) in [5.74, 6) is -2.69. The minimum Gasteiger partial charge on any atom is -0.444 e. The second-order valence-corrected chi connectivity index (χ2v) is 6.04. The van der Waals surface area contributed by atoms with E-state index in [1.54, 1.807) is 6.26 Å². The summed E-state index contributed by atoms with van der Waals surface area (Å²) < 4.78 is 31.6. The molecule has 2 N–H and O–H groups in total. The molecule has 25 heavy (non-hydrogen) atoms. The van der Waals surface area contributed by atoms with Crippen molar-refractivity contribution in [3.63, 3.8) is 0 Å². The number of rotatable bonds is 5. The van der Waals surface area contributed by atoms with E-state index in [9.17, 15) is 13.6 Å². The van der Waals surface area contributed by atoms with Crippen LogP contribution in [0.1, 0.15) is 17.7 Å². The van der Waals surface area contributed by atoms with Gasteiger partial charge in [-0.15, -0.1) is 12.4 Å². The van der Waals surface area contributed by atoms with Crippen molar-refractivity contribution in [3.05, 3.63) is 41.8 Å². The number of alkyl halides is 2. The molecule has 0 radical (unpaired) electrons. The van der Waals surface area contributed by atoms with Gasteiger partial charge < -0.3 is 9.73 Å². The van der Waals surface area contributed by atoms with Crippen molar-refractivity contribution in [1.29, 1.82) is 0 Å². The molecule has 1 unspecified atom stereocenters. The maximum Gasteiger partial charge on any atom is 0.262 e. The first kappa shape index (κ1) is 19.3. The first-order valence-electron chi connectivity index (χ1n) is 7.83. The summed E-state index contributed by atoms with van der Waals surface area (Å²) in [7, 11) is 0. The van der Waals surface area contributed by atoms with Crippen molar-refractivity contribution >= 4 is 18.3 Å². The van der Waals surface area contributed by atoms with Gasteiger partial charge >= 0.3 is 0 Å². The van der Waals surface area contributed by atoms with E-state index in [1.807, 2.05) is 31.2 Å². The Morgan fingerprint density at radius 3 is 2.76 bits per heavy atom. The van der Waals surface area contributed by atoms with Crippen LogP contribution in [-0.2, 0) is 11.2 Å². The highest BCUT2D eigenvalue weighted by Gasteiger charge is 2.42. The summed E-state index contributed by atoms with van der Waals surface area (Å²) in [6.07, 6.45) is 1.56. The number of carbonyl (C=O) groups is 1. The lowest BCUT2D eigenvalue weighted by Crippen LogP contribution is -2.41. The van der Waals surface area contributed by atoms with Crippen molar-refractivity contribution in [3.8, 4) is 11.5 Å². The lowest BCUT2D eigenvalue weighted by Gasteiger charge is -2.10. The van der Waals surface area contributed by atoms with E-state index >= 15 is 0 Å². The Hall–Kier alpha value is -1.99. The van der Waals surface area contributed by atoms with Gasteiger partial charge in [0.05, 0.1) is 18.3 Å². The molecule has 8 heteroatoms. The third-order valence-electron chi connectivity index (χ3n) is 3.96. The van der Waals surface area contributed by atoms with E-state index in [1.165, 1.54) is 0 Å². The average molecular weight is 372 g/mol. The monoisotopic (exact) mass is 371 g/mol. The molecule has 1 atom stereocenters. The summed E-state index contributed by atoms with van der Waals surface area (Å²) >= 11 is 0. The highest BCUT2D eigenvalue weighted by molar-refractivity contribution is 5.85. The van der Waals surface area contributed by atoms with E-state index in [0.29, 0.717) is 24.6 Å². The highest BCUT2D eigenvalue weighted by Crippen LogP contribution is 2.25. The van der Waals surface area contributed by atoms with Gasteiger partial charge in [-0.25, -0.2) is 13.8 Å². The van der Waals surface area contributed by atoms with Gasteiger partial charge in [-0.1, -0.05) is 17.7 Å². The lowest BCUT2D eigenvalue weighted by molar-refractivity contribution is -0.123. The van der Waals surface area contributed by atoms with E-state index in [-0.39, 0.29) is 12.4 Å². The maximum atomic E-state index is 13.1. The van der Waals surface area contributed by atoms with Crippen molar-refractivity contribution in [2.45, 2.75) is 31.7 Å². The summed E-state index contributed by atoms with van der Waals surface area (Å²) in [6, 6.07) is 6.98. The molecule has 1 aliphatic rings. The van der Waals surface area contributed by atoms with E-state index < -0.39 is 30.8 Å². The molecule has 0 aliphatic carbocycles. The number of benzene rings is 1. The molecular formula is C17H20ClF2N3O2. The van der Waals surface area contributed by atoms with Crippen molar-refractivity contribution in [2.75, 3.05) is 13.1 Å². The molecule has 0 bridgehead atoms. The third-order valence-corrected chi connectivity index (χ3v) is 3.96. The van der Waals surface area contributed by atoms with Crippen LogP contribution in [0.3, 0.4) is 0 Å². The number of hydrogen-bond donors (Lipinski definition) is 2. The number of nitrogens with zero attached hydrogens (tertiary/aromatic N) is 1.